The Morgan fingerprint density at radius 1 is 1.19 bits per heavy atom. The predicted octanol–water partition coefficient (Wildman–Crippen LogP) is 1.87. The number of carboxylic acid groups (broad SMARTS) is 1. The minimum atomic E-state index is -0.729. The van der Waals surface area contributed by atoms with Crippen LogP contribution in [0, 0.1) is 11.8 Å². The van der Waals surface area contributed by atoms with E-state index in [1.54, 1.807) is 0 Å². The molecule has 5 heteroatoms. The first-order valence-electron chi connectivity index (χ1n) is 8.34. The van der Waals surface area contributed by atoms with Gasteiger partial charge in [-0.2, -0.15) is 0 Å². The first kappa shape index (κ1) is 16.3. The molecule has 120 valence electrons. The summed E-state index contributed by atoms with van der Waals surface area (Å²) in [5, 5.41) is 12.4. The van der Waals surface area contributed by atoms with Gasteiger partial charge in [-0.3, -0.25) is 9.59 Å². The normalized spacial score (nSPS) is 27.6. The van der Waals surface area contributed by atoms with Crippen LogP contribution in [0.3, 0.4) is 0 Å². The van der Waals surface area contributed by atoms with Crippen molar-refractivity contribution in [1.82, 2.24) is 10.2 Å². The Bertz CT molecular complexity index is 365. The van der Waals surface area contributed by atoms with Crippen molar-refractivity contribution >= 4 is 11.9 Å². The second-order valence-electron chi connectivity index (χ2n) is 6.51. The van der Waals surface area contributed by atoms with E-state index in [4.69, 9.17) is 5.11 Å². The molecule has 2 rings (SSSR count). The SMILES string of the molecule is CCC1CCCC(NCC(=O)N2CCC(C(=O)O)CC2)C1. The molecule has 21 heavy (non-hydrogen) atoms. The van der Waals surface area contributed by atoms with E-state index in [-0.39, 0.29) is 11.8 Å². The van der Waals surface area contributed by atoms with Crippen LogP contribution < -0.4 is 5.32 Å². The summed E-state index contributed by atoms with van der Waals surface area (Å²) >= 11 is 0. The van der Waals surface area contributed by atoms with Crippen LogP contribution in [0.25, 0.3) is 0 Å². The predicted molar refractivity (Wildman–Crippen MR) is 81.0 cm³/mol. The summed E-state index contributed by atoms with van der Waals surface area (Å²) in [6, 6.07) is 0.476. The third-order valence-electron chi connectivity index (χ3n) is 5.10. The van der Waals surface area contributed by atoms with E-state index >= 15 is 0 Å². The van der Waals surface area contributed by atoms with Gasteiger partial charge in [0.05, 0.1) is 12.5 Å². The monoisotopic (exact) mass is 296 g/mol. The fraction of sp³-hybridized carbons (Fsp3) is 0.875. The number of carbonyl (C=O) groups is 2. The molecular formula is C16H28N2O3. The van der Waals surface area contributed by atoms with E-state index in [1.165, 1.54) is 32.1 Å². The molecule has 1 aliphatic heterocycles. The van der Waals surface area contributed by atoms with E-state index in [2.05, 4.69) is 12.2 Å². The maximum atomic E-state index is 12.2. The summed E-state index contributed by atoms with van der Waals surface area (Å²) in [5.41, 5.74) is 0. The van der Waals surface area contributed by atoms with Gasteiger partial charge in [0.1, 0.15) is 0 Å². The molecule has 2 unspecified atom stereocenters. The number of aliphatic carboxylic acids is 1. The zero-order chi connectivity index (χ0) is 15.2. The van der Waals surface area contributed by atoms with Crippen molar-refractivity contribution in [2.75, 3.05) is 19.6 Å². The topological polar surface area (TPSA) is 69.6 Å². The summed E-state index contributed by atoms with van der Waals surface area (Å²) in [4.78, 5) is 24.9. The summed E-state index contributed by atoms with van der Waals surface area (Å²) in [7, 11) is 0. The van der Waals surface area contributed by atoms with Crippen molar-refractivity contribution in [2.45, 2.75) is 57.9 Å². The molecule has 0 bridgehead atoms. The zero-order valence-electron chi connectivity index (χ0n) is 13.0. The molecule has 2 aliphatic rings. The highest BCUT2D eigenvalue weighted by molar-refractivity contribution is 5.79. The molecule has 5 nitrogen and oxygen atoms in total. The number of rotatable bonds is 5. The number of piperidine rings is 1. The van der Waals surface area contributed by atoms with Crippen molar-refractivity contribution in [1.29, 1.82) is 0 Å². The van der Waals surface area contributed by atoms with Gasteiger partial charge < -0.3 is 15.3 Å². The Morgan fingerprint density at radius 3 is 2.52 bits per heavy atom. The molecule has 1 heterocycles. The number of carbonyl (C=O) groups excluding carboxylic acids is 1. The van der Waals surface area contributed by atoms with E-state index in [0.29, 0.717) is 38.5 Å². The van der Waals surface area contributed by atoms with Crippen LogP contribution in [0.15, 0.2) is 0 Å². The van der Waals surface area contributed by atoms with Gasteiger partial charge in [0.2, 0.25) is 5.91 Å². The quantitative estimate of drug-likeness (QED) is 0.812. The first-order chi connectivity index (χ1) is 10.1. The number of carboxylic acids is 1. The van der Waals surface area contributed by atoms with Crippen molar-refractivity contribution in [3.63, 3.8) is 0 Å². The van der Waals surface area contributed by atoms with Gasteiger partial charge in [-0.15, -0.1) is 0 Å². The van der Waals surface area contributed by atoms with Gasteiger partial charge in [0, 0.05) is 19.1 Å². The molecule has 0 radical (unpaired) electrons. The Labute approximate surface area is 127 Å². The van der Waals surface area contributed by atoms with Crippen molar-refractivity contribution < 1.29 is 14.7 Å². The molecule has 0 spiro atoms. The third-order valence-corrected chi connectivity index (χ3v) is 5.10. The number of nitrogens with zero attached hydrogens (tertiary/aromatic N) is 1. The molecule has 1 saturated heterocycles. The number of hydrogen-bond donors (Lipinski definition) is 2. The fourth-order valence-electron chi connectivity index (χ4n) is 3.57. The Hall–Kier alpha value is -1.10. The minimum absolute atomic E-state index is 0.123. The second-order valence-corrected chi connectivity index (χ2v) is 6.51. The standard InChI is InChI=1S/C16H28N2O3/c1-2-12-4-3-5-14(10-12)17-11-15(19)18-8-6-13(7-9-18)16(20)21/h12-14,17H,2-11H2,1H3,(H,20,21). The molecule has 2 fully saturated rings. The van der Waals surface area contributed by atoms with Gasteiger partial charge in [-0.25, -0.2) is 0 Å². The van der Waals surface area contributed by atoms with Gasteiger partial charge in [-0.1, -0.05) is 26.2 Å². The Kier molecular flexibility index (Phi) is 6.03. The maximum Gasteiger partial charge on any atom is 0.306 e. The van der Waals surface area contributed by atoms with E-state index in [1.807, 2.05) is 4.90 Å². The summed E-state index contributed by atoms with van der Waals surface area (Å²) < 4.78 is 0. The summed E-state index contributed by atoms with van der Waals surface area (Å²) in [6.07, 6.45) is 7.34. The zero-order valence-corrected chi connectivity index (χ0v) is 13.0. The van der Waals surface area contributed by atoms with Crippen LogP contribution >= 0.6 is 0 Å². The molecule has 2 N–H and O–H groups in total. The van der Waals surface area contributed by atoms with Crippen LogP contribution in [0.5, 0.6) is 0 Å². The van der Waals surface area contributed by atoms with Gasteiger partial charge in [0.15, 0.2) is 0 Å². The maximum absolute atomic E-state index is 12.2. The average molecular weight is 296 g/mol. The second kappa shape index (κ2) is 7.78. The Balaban J connectivity index is 1.69. The molecule has 1 amide bonds. The molecular weight excluding hydrogens is 268 g/mol. The van der Waals surface area contributed by atoms with Crippen LogP contribution in [-0.2, 0) is 9.59 Å². The van der Waals surface area contributed by atoms with E-state index < -0.39 is 5.97 Å². The number of nitrogens with one attached hydrogen (secondary N) is 1. The lowest BCUT2D eigenvalue weighted by molar-refractivity contribution is -0.145. The van der Waals surface area contributed by atoms with Gasteiger partial charge >= 0.3 is 5.97 Å². The lowest BCUT2D eigenvalue weighted by Crippen LogP contribution is -2.46. The lowest BCUT2D eigenvalue weighted by atomic mass is 9.84. The van der Waals surface area contributed by atoms with Crippen molar-refractivity contribution in [3.8, 4) is 0 Å². The highest BCUT2D eigenvalue weighted by atomic mass is 16.4. The molecule has 1 saturated carbocycles. The minimum Gasteiger partial charge on any atom is -0.481 e. The van der Waals surface area contributed by atoms with Crippen LogP contribution in [0.1, 0.15) is 51.9 Å². The van der Waals surface area contributed by atoms with Gasteiger partial charge in [0.25, 0.3) is 0 Å². The number of likely N-dealkylation sites (tertiary alicyclic amines) is 1. The van der Waals surface area contributed by atoms with E-state index in [0.717, 1.165) is 5.92 Å². The molecule has 0 aromatic rings. The fourth-order valence-corrected chi connectivity index (χ4v) is 3.57. The molecule has 2 atom stereocenters. The van der Waals surface area contributed by atoms with Crippen LogP contribution in [0.4, 0.5) is 0 Å². The summed E-state index contributed by atoms with van der Waals surface area (Å²) in [5.74, 6) is -0.0752. The van der Waals surface area contributed by atoms with Crippen molar-refractivity contribution in [3.05, 3.63) is 0 Å². The largest absolute Gasteiger partial charge is 0.481 e. The summed E-state index contributed by atoms with van der Waals surface area (Å²) in [6.45, 7) is 3.81. The molecule has 1 aliphatic carbocycles. The third kappa shape index (κ3) is 4.70. The first-order valence-corrected chi connectivity index (χ1v) is 8.34. The van der Waals surface area contributed by atoms with Crippen LogP contribution in [-0.4, -0.2) is 47.6 Å². The Morgan fingerprint density at radius 2 is 1.90 bits per heavy atom. The van der Waals surface area contributed by atoms with E-state index in [9.17, 15) is 9.59 Å². The van der Waals surface area contributed by atoms with Crippen molar-refractivity contribution in [2.24, 2.45) is 11.8 Å². The molecule has 0 aromatic carbocycles. The number of amides is 1. The van der Waals surface area contributed by atoms with Crippen LogP contribution in [0.2, 0.25) is 0 Å². The highest BCUT2D eigenvalue weighted by Crippen LogP contribution is 2.26. The van der Waals surface area contributed by atoms with Gasteiger partial charge in [-0.05, 0) is 31.6 Å². The lowest BCUT2D eigenvalue weighted by Gasteiger charge is -2.32. The average Bonchev–Trinajstić information content (AvgIpc) is 2.53. The number of hydrogen-bond acceptors (Lipinski definition) is 3. The highest BCUT2D eigenvalue weighted by Gasteiger charge is 2.27. The smallest absolute Gasteiger partial charge is 0.306 e. The molecule has 0 aromatic heterocycles.